The van der Waals surface area contributed by atoms with Crippen molar-refractivity contribution in [3.63, 3.8) is 0 Å². The fraction of sp³-hybridized carbons (Fsp3) is 0.471. The van der Waals surface area contributed by atoms with Crippen LogP contribution < -0.4 is 5.32 Å². The number of hydrogen-bond donors (Lipinski definition) is 1. The first-order valence-corrected chi connectivity index (χ1v) is 8.55. The standard InChI is InChI=1S/C17H23N3S/c1-3-15(16-18-10-12-21-16)20-11-9-19-17(2,13-20)14-7-5-4-6-8-14/h4-8,10,12,15,19H,3,9,11,13H2,1-2H3. The van der Waals surface area contributed by atoms with Gasteiger partial charge in [0.15, 0.2) is 0 Å². The largest absolute Gasteiger partial charge is 0.305 e. The maximum absolute atomic E-state index is 4.54. The lowest BCUT2D eigenvalue weighted by Crippen LogP contribution is -2.57. The van der Waals surface area contributed by atoms with Crippen molar-refractivity contribution in [3.8, 4) is 0 Å². The van der Waals surface area contributed by atoms with Crippen molar-refractivity contribution in [2.75, 3.05) is 19.6 Å². The average molecular weight is 301 g/mol. The van der Waals surface area contributed by atoms with E-state index >= 15 is 0 Å². The van der Waals surface area contributed by atoms with E-state index in [1.807, 2.05) is 6.20 Å². The molecule has 0 spiro atoms. The van der Waals surface area contributed by atoms with Gasteiger partial charge in [0.05, 0.1) is 11.6 Å². The summed E-state index contributed by atoms with van der Waals surface area (Å²) in [6.45, 7) is 7.69. The van der Waals surface area contributed by atoms with Crippen LogP contribution in [0.3, 0.4) is 0 Å². The molecule has 3 nitrogen and oxygen atoms in total. The van der Waals surface area contributed by atoms with Crippen molar-refractivity contribution < 1.29 is 0 Å². The van der Waals surface area contributed by atoms with Crippen LogP contribution in [0.15, 0.2) is 41.9 Å². The molecule has 0 saturated carbocycles. The number of benzene rings is 1. The van der Waals surface area contributed by atoms with Crippen LogP contribution in [-0.4, -0.2) is 29.5 Å². The summed E-state index contributed by atoms with van der Waals surface area (Å²) in [5, 5.41) is 7.03. The predicted octanol–water partition coefficient (Wildman–Crippen LogP) is 3.41. The van der Waals surface area contributed by atoms with Crippen molar-refractivity contribution in [3.05, 3.63) is 52.5 Å². The molecule has 21 heavy (non-hydrogen) atoms. The first-order valence-electron chi connectivity index (χ1n) is 7.67. The Morgan fingerprint density at radius 1 is 1.38 bits per heavy atom. The van der Waals surface area contributed by atoms with Crippen LogP contribution in [0.2, 0.25) is 0 Å². The van der Waals surface area contributed by atoms with Crippen LogP contribution in [0, 0.1) is 0 Å². The highest BCUT2D eigenvalue weighted by molar-refractivity contribution is 7.09. The van der Waals surface area contributed by atoms with Crippen LogP contribution in [0.4, 0.5) is 0 Å². The third kappa shape index (κ3) is 3.03. The Labute approximate surface area is 131 Å². The summed E-state index contributed by atoms with van der Waals surface area (Å²) in [5.41, 5.74) is 1.38. The summed E-state index contributed by atoms with van der Waals surface area (Å²) in [4.78, 5) is 7.13. The number of thiazole rings is 1. The Morgan fingerprint density at radius 3 is 2.86 bits per heavy atom. The molecule has 1 aliphatic heterocycles. The maximum atomic E-state index is 4.54. The molecule has 1 N–H and O–H groups in total. The van der Waals surface area contributed by atoms with E-state index in [9.17, 15) is 0 Å². The zero-order chi connectivity index (χ0) is 14.7. The van der Waals surface area contributed by atoms with Gasteiger partial charge in [0.1, 0.15) is 5.01 Å². The lowest BCUT2D eigenvalue weighted by atomic mass is 9.89. The molecule has 1 aromatic carbocycles. The Hall–Kier alpha value is -1.23. The second-order valence-corrected chi connectivity index (χ2v) is 6.82. The Kier molecular flexibility index (Phi) is 4.38. The van der Waals surface area contributed by atoms with Gasteiger partial charge >= 0.3 is 0 Å². The number of piperazine rings is 1. The molecule has 2 heterocycles. The van der Waals surface area contributed by atoms with Crippen LogP contribution in [0.25, 0.3) is 0 Å². The van der Waals surface area contributed by atoms with Gasteiger partial charge in [-0.25, -0.2) is 4.98 Å². The van der Waals surface area contributed by atoms with E-state index in [0.717, 1.165) is 26.1 Å². The molecule has 1 fully saturated rings. The number of hydrogen-bond acceptors (Lipinski definition) is 4. The third-order valence-corrected chi connectivity index (χ3v) is 5.29. The summed E-state index contributed by atoms with van der Waals surface area (Å²) >= 11 is 1.77. The molecular weight excluding hydrogens is 278 g/mol. The molecule has 1 aromatic heterocycles. The monoisotopic (exact) mass is 301 g/mol. The highest BCUT2D eigenvalue weighted by Gasteiger charge is 2.35. The summed E-state index contributed by atoms with van der Waals surface area (Å²) in [5.74, 6) is 0. The molecular formula is C17H23N3S. The van der Waals surface area contributed by atoms with Crippen LogP contribution in [0.5, 0.6) is 0 Å². The van der Waals surface area contributed by atoms with Gasteiger partial charge in [-0.2, -0.15) is 0 Å². The zero-order valence-electron chi connectivity index (χ0n) is 12.7. The van der Waals surface area contributed by atoms with Crippen LogP contribution >= 0.6 is 11.3 Å². The molecule has 3 rings (SSSR count). The summed E-state index contributed by atoms with van der Waals surface area (Å²) in [7, 11) is 0. The third-order valence-electron chi connectivity index (χ3n) is 4.41. The SMILES string of the molecule is CCC(c1nccs1)N1CCNC(C)(c2ccccc2)C1. The van der Waals surface area contributed by atoms with Gasteiger partial charge in [0.2, 0.25) is 0 Å². The summed E-state index contributed by atoms with van der Waals surface area (Å²) < 4.78 is 0. The molecule has 4 heteroatoms. The predicted molar refractivity (Wildman–Crippen MR) is 88.5 cm³/mol. The molecule has 0 aliphatic carbocycles. The highest BCUT2D eigenvalue weighted by Crippen LogP contribution is 2.32. The molecule has 0 bridgehead atoms. The molecule has 0 radical (unpaired) electrons. The van der Waals surface area contributed by atoms with E-state index < -0.39 is 0 Å². The number of rotatable bonds is 4. The molecule has 112 valence electrons. The fourth-order valence-electron chi connectivity index (χ4n) is 3.27. The molecule has 1 saturated heterocycles. The van der Waals surface area contributed by atoms with E-state index in [4.69, 9.17) is 0 Å². The first kappa shape index (κ1) is 14.7. The molecule has 0 amide bonds. The molecule has 1 aliphatic rings. The second kappa shape index (κ2) is 6.26. The molecule has 2 unspecified atom stereocenters. The van der Waals surface area contributed by atoms with E-state index in [0.29, 0.717) is 6.04 Å². The lowest BCUT2D eigenvalue weighted by Gasteiger charge is -2.44. The van der Waals surface area contributed by atoms with Crippen LogP contribution in [-0.2, 0) is 5.54 Å². The van der Waals surface area contributed by atoms with Gasteiger partial charge in [0.25, 0.3) is 0 Å². The van der Waals surface area contributed by atoms with Gasteiger partial charge in [-0.3, -0.25) is 4.90 Å². The van der Waals surface area contributed by atoms with Crippen molar-refractivity contribution in [1.82, 2.24) is 15.2 Å². The van der Waals surface area contributed by atoms with Crippen molar-refractivity contribution in [2.45, 2.75) is 31.8 Å². The topological polar surface area (TPSA) is 28.2 Å². The average Bonchev–Trinajstić information content (AvgIpc) is 3.03. The van der Waals surface area contributed by atoms with E-state index in [-0.39, 0.29) is 5.54 Å². The van der Waals surface area contributed by atoms with Gasteiger partial charge in [-0.05, 0) is 18.9 Å². The summed E-state index contributed by atoms with van der Waals surface area (Å²) in [6, 6.07) is 11.2. The van der Waals surface area contributed by atoms with E-state index in [1.54, 1.807) is 11.3 Å². The molecule has 2 atom stereocenters. The highest BCUT2D eigenvalue weighted by atomic mass is 32.1. The Morgan fingerprint density at radius 2 is 2.19 bits per heavy atom. The van der Waals surface area contributed by atoms with E-state index in [1.165, 1.54) is 10.6 Å². The smallest absolute Gasteiger partial charge is 0.110 e. The van der Waals surface area contributed by atoms with Crippen molar-refractivity contribution in [2.24, 2.45) is 0 Å². The minimum Gasteiger partial charge on any atom is -0.305 e. The van der Waals surface area contributed by atoms with Gasteiger partial charge in [-0.15, -0.1) is 11.3 Å². The van der Waals surface area contributed by atoms with Crippen molar-refractivity contribution >= 4 is 11.3 Å². The summed E-state index contributed by atoms with van der Waals surface area (Å²) in [6.07, 6.45) is 3.03. The Balaban J connectivity index is 1.82. The second-order valence-electron chi connectivity index (χ2n) is 5.89. The normalized spacial score (nSPS) is 24.9. The minimum absolute atomic E-state index is 0.0180. The lowest BCUT2D eigenvalue weighted by molar-refractivity contribution is 0.0964. The molecule has 2 aromatic rings. The number of nitrogens with zero attached hydrogens (tertiary/aromatic N) is 2. The van der Waals surface area contributed by atoms with Crippen LogP contribution in [0.1, 0.15) is 36.9 Å². The van der Waals surface area contributed by atoms with E-state index in [2.05, 4.69) is 64.8 Å². The maximum Gasteiger partial charge on any atom is 0.110 e. The quantitative estimate of drug-likeness (QED) is 0.938. The number of aromatic nitrogens is 1. The van der Waals surface area contributed by atoms with Crippen molar-refractivity contribution in [1.29, 1.82) is 0 Å². The minimum atomic E-state index is 0.0180. The van der Waals surface area contributed by atoms with Gasteiger partial charge in [0, 0.05) is 31.2 Å². The van der Waals surface area contributed by atoms with Gasteiger partial charge in [-0.1, -0.05) is 37.3 Å². The first-order chi connectivity index (χ1) is 10.2. The zero-order valence-corrected chi connectivity index (χ0v) is 13.6. The van der Waals surface area contributed by atoms with Gasteiger partial charge < -0.3 is 5.32 Å². The Bertz CT molecular complexity index is 555. The fourth-order valence-corrected chi connectivity index (χ4v) is 4.13. The number of nitrogens with one attached hydrogen (secondary N) is 1.